The minimum atomic E-state index is -3.73. The van der Waals surface area contributed by atoms with E-state index in [1.54, 1.807) is 19.2 Å². The smallest absolute Gasteiger partial charge is 0.265 e. The van der Waals surface area contributed by atoms with E-state index < -0.39 is 10.0 Å². The highest BCUT2D eigenvalue weighted by Gasteiger charge is 2.58. The Morgan fingerprint density at radius 2 is 1.97 bits per heavy atom. The Balaban J connectivity index is 1.42. The Bertz CT molecular complexity index is 1030. The van der Waals surface area contributed by atoms with Gasteiger partial charge >= 0.3 is 0 Å². The molecule has 3 aliphatic rings. The van der Waals surface area contributed by atoms with Crippen LogP contribution in [0.1, 0.15) is 68.8 Å². The van der Waals surface area contributed by atoms with Gasteiger partial charge in [0.2, 0.25) is 10.0 Å². The molecule has 1 unspecified atom stereocenters. The number of ether oxygens (including phenoxy) is 2. The van der Waals surface area contributed by atoms with Gasteiger partial charge in [0.25, 0.3) is 5.91 Å². The summed E-state index contributed by atoms with van der Waals surface area (Å²) >= 11 is 0. The van der Waals surface area contributed by atoms with E-state index in [2.05, 4.69) is 31.6 Å². The topological polar surface area (TPSA) is 97.0 Å². The van der Waals surface area contributed by atoms with E-state index in [-0.39, 0.29) is 10.8 Å². The number of morpholine rings is 1. The van der Waals surface area contributed by atoms with Crippen LogP contribution in [0, 0.1) is 22.7 Å². The summed E-state index contributed by atoms with van der Waals surface area (Å²) < 4.78 is 38.9. The lowest BCUT2D eigenvalue weighted by Gasteiger charge is -2.43. The number of methoxy groups -OCH3 is 1. The molecule has 4 rings (SSSR count). The van der Waals surface area contributed by atoms with Gasteiger partial charge in [0.15, 0.2) is 0 Å². The number of carbonyl (C=O) groups is 1. The van der Waals surface area contributed by atoms with Gasteiger partial charge in [-0.05, 0) is 78.9 Å². The van der Waals surface area contributed by atoms with E-state index in [0.717, 1.165) is 12.3 Å². The molecule has 36 heavy (non-hydrogen) atoms. The normalized spacial score (nSPS) is 27.9. The van der Waals surface area contributed by atoms with Gasteiger partial charge in [0.1, 0.15) is 0 Å². The van der Waals surface area contributed by atoms with Crippen LogP contribution in [0.2, 0.25) is 0 Å². The summed E-state index contributed by atoms with van der Waals surface area (Å²) in [4.78, 5) is 13.2. The molecule has 1 heterocycles. The molecule has 2 bridgehead atoms. The summed E-state index contributed by atoms with van der Waals surface area (Å²) in [5.74, 6) is 1.11. The third-order valence-corrected chi connectivity index (χ3v) is 11.0. The third-order valence-electron chi connectivity index (χ3n) is 9.04. The molecule has 0 aromatic heterocycles. The number of sulfonamides is 1. The van der Waals surface area contributed by atoms with Gasteiger partial charge in [-0.1, -0.05) is 26.8 Å². The first-order valence-electron chi connectivity index (χ1n) is 13.3. The number of hydrogen-bond donors (Lipinski definition) is 2. The second kappa shape index (κ2) is 11.1. The van der Waals surface area contributed by atoms with Gasteiger partial charge < -0.3 is 9.47 Å². The Hall–Kier alpha value is -1.52. The average Bonchev–Trinajstić information content (AvgIpc) is 3.35. The van der Waals surface area contributed by atoms with Gasteiger partial charge in [0, 0.05) is 38.9 Å². The van der Waals surface area contributed by atoms with Gasteiger partial charge in [-0.3, -0.25) is 10.2 Å². The molecule has 1 saturated heterocycles. The number of benzene rings is 1. The van der Waals surface area contributed by atoms with Crippen molar-refractivity contribution < 1.29 is 22.7 Å². The Kier molecular flexibility index (Phi) is 8.46. The lowest BCUT2D eigenvalue weighted by molar-refractivity contribution is 0.0658. The fraction of sp³-hybridized carbons (Fsp3) is 0.741. The van der Waals surface area contributed by atoms with Crippen molar-refractivity contribution in [1.29, 1.82) is 0 Å². The van der Waals surface area contributed by atoms with Crippen LogP contribution in [-0.2, 0) is 25.9 Å². The summed E-state index contributed by atoms with van der Waals surface area (Å²) in [5.41, 5.74) is 7.68. The molecule has 3 atom stereocenters. The number of nitrogens with zero attached hydrogens (tertiary/aromatic N) is 1. The zero-order valence-electron chi connectivity index (χ0n) is 22.3. The number of nitrogens with one attached hydrogen (secondary N) is 2. The van der Waals surface area contributed by atoms with Gasteiger partial charge in [-0.25, -0.2) is 13.8 Å². The van der Waals surface area contributed by atoms with Crippen LogP contribution in [0.3, 0.4) is 0 Å². The fourth-order valence-corrected chi connectivity index (χ4v) is 8.72. The van der Waals surface area contributed by atoms with Crippen molar-refractivity contribution in [2.45, 2.75) is 64.2 Å². The largest absolute Gasteiger partial charge is 0.385 e. The number of amides is 1. The molecule has 2 aliphatic carbocycles. The molecule has 8 nitrogen and oxygen atoms in total. The van der Waals surface area contributed by atoms with Crippen LogP contribution in [0.5, 0.6) is 0 Å². The van der Waals surface area contributed by atoms with E-state index in [9.17, 15) is 13.2 Å². The number of hydrazine groups is 1. The number of hydrogen-bond acceptors (Lipinski definition) is 6. The molecule has 0 spiro atoms. The summed E-state index contributed by atoms with van der Waals surface area (Å²) in [6.07, 6.45) is 6.22. The second-order valence-electron chi connectivity index (χ2n) is 11.6. The molecular weight excluding hydrogens is 478 g/mol. The van der Waals surface area contributed by atoms with Crippen LogP contribution in [0.15, 0.2) is 23.1 Å². The zero-order chi connectivity index (χ0) is 26.0. The standard InChI is InChI=1S/C27H43N3O5S/c1-26(2)22-9-11-27(3,19-22)24(26)10-12-28-29-25(31)21-8-7-20(6-5-15-34-4)23(18-21)36(32,33)30-13-16-35-17-14-30/h7-8,18,22,24,28H,5-6,9-17,19H2,1-4H3,(H,29,31)/t22-,24?,27+/m1/s1. The first kappa shape index (κ1) is 27.5. The minimum Gasteiger partial charge on any atom is -0.385 e. The van der Waals surface area contributed by atoms with Crippen LogP contribution >= 0.6 is 0 Å². The third kappa shape index (κ3) is 5.50. The van der Waals surface area contributed by atoms with Crippen molar-refractivity contribution in [2.24, 2.45) is 22.7 Å². The van der Waals surface area contributed by atoms with Crippen LogP contribution in [0.25, 0.3) is 0 Å². The highest BCUT2D eigenvalue weighted by Crippen LogP contribution is 2.66. The number of aryl methyl sites for hydroxylation is 1. The summed E-state index contributed by atoms with van der Waals surface area (Å²) in [6.45, 7) is 9.84. The van der Waals surface area contributed by atoms with Gasteiger partial charge in [-0.15, -0.1) is 0 Å². The maximum atomic E-state index is 13.5. The summed E-state index contributed by atoms with van der Waals surface area (Å²) in [7, 11) is -2.11. The highest BCUT2D eigenvalue weighted by atomic mass is 32.2. The molecule has 9 heteroatoms. The quantitative estimate of drug-likeness (QED) is 0.342. The molecule has 1 aromatic rings. The fourth-order valence-electron chi connectivity index (χ4n) is 7.03. The van der Waals surface area contributed by atoms with Gasteiger partial charge in [-0.2, -0.15) is 4.31 Å². The second-order valence-corrected chi connectivity index (χ2v) is 13.5. The predicted molar refractivity (Wildman–Crippen MR) is 139 cm³/mol. The van der Waals surface area contributed by atoms with E-state index >= 15 is 0 Å². The van der Waals surface area contributed by atoms with E-state index in [4.69, 9.17) is 9.47 Å². The van der Waals surface area contributed by atoms with Crippen LogP contribution < -0.4 is 10.9 Å². The molecule has 1 amide bonds. The molecule has 1 aliphatic heterocycles. The molecule has 0 radical (unpaired) electrons. The first-order chi connectivity index (χ1) is 17.1. The lowest BCUT2D eigenvalue weighted by atomic mass is 9.63. The number of carbonyl (C=O) groups excluding carboxylic acids is 1. The Labute approximate surface area is 216 Å². The lowest BCUT2D eigenvalue weighted by Crippen LogP contribution is -2.42. The number of rotatable bonds is 11. The van der Waals surface area contributed by atoms with Gasteiger partial charge in [0.05, 0.1) is 18.1 Å². The summed E-state index contributed by atoms with van der Waals surface area (Å²) in [6, 6.07) is 4.98. The highest BCUT2D eigenvalue weighted by molar-refractivity contribution is 7.89. The Morgan fingerprint density at radius 3 is 2.64 bits per heavy atom. The van der Waals surface area contributed by atoms with Crippen molar-refractivity contribution in [3.63, 3.8) is 0 Å². The van der Waals surface area contributed by atoms with E-state index in [1.807, 2.05) is 0 Å². The average molecular weight is 522 g/mol. The van der Waals surface area contributed by atoms with E-state index in [0.29, 0.717) is 80.2 Å². The number of fused-ring (bicyclic) bond motifs is 2. The zero-order valence-corrected chi connectivity index (χ0v) is 23.1. The predicted octanol–water partition coefficient (Wildman–Crippen LogP) is 3.37. The van der Waals surface area contributed by atoms with Crippen molar-refractivity contribution in [3.05, 3.63) is 29.3 Å². The molecular formula is C27H43N3O5S. The molecule has 3 fully saturated rings. The van der Waals surface area contributed by atoms with Crippen molar-refractivity contribution in [2.75, 3.05) is 46.6 Å². The maximum absolute atomic E-state index is 13.5. The molecule has 2 N–H and O–H groups in total. The molecule has 2 saturated carbocycles. The minimum absolute atomic E-state index is 0.199. The van der Waals surface area contributed by atoms with Crippen molar-refractivity contribution in [3.8, 4) is 0 Å². The SMILES string of the molecule is COCCCc1ccc(C(=O)NNCCC2C(C)(C)[C@@H]3CC[C@@]2(C)C3)cc1S(=O)(=O)N1CCOCC1. The maximum Gasteiger partial charge on any atom is 0.265 e. The van der Waals surface area contributed by atoms with Crippen LogP contribution in [-0.4, -0.2) is 65.2 Å². The van der Waals surface area contributed by atoms with E-state index in [1.165, 1.54) is 29.6 Å². The molecule has 1 aromatic carbocycles. The van der Waals surface area contributed by atoms with Crippen LogP contribution in [0.4, 0.5) is 0 Å². The molecule has 202 valence electrons. The Morgan fingerprint density at radius 1 is 1.22 bits per heavy atom. The van der Waals surface area contributed by atoms with Crippen molar-refractivity contribution in [1.82, 2.24) is 15.2 Å². The van der Waals surface area contributed by atoms with Crippen molar-refractivity contribution >= 4 is 15.9 Å². The summed E-state index contributed by atoms with van der Waals surface area (Å²) in [5, 5.41) is 0. The first-order valence-corrected chi connectivity index (χ1v) is 14.8. The monoisotopic (exact) mass is 521 g/mol.